The minimum atomic E-state index is 1.09. The predicted octanol–water partition coefficient (Wildman–Crippen LogP) is 25.8. The fourth-order valence-corrected chi connectivity index (χ4v) is 15.4. The van der Waals surface area contributed by atoms with Crippen LogP contribution in [0, 0.1) is 0 Å². The van der Waals surface area contributed by atoms with Crippen molar-refractivity contribution in [1.29, 1.82) is 0 Å². The fourth-order valence-electron chi connectivity index (χ4n) is 15.4. The van der Waals surface area contributed by atoms with Gasteiger partial charge in [-0.05, 0) is 236 Å². The smallest absolute Gasteiger partial charge is 0.0468 e. The van der Waals surface area contributed by atoms with Crippen molar-refractivity contribution in [2.45, 2.75) is 0 Å². The summed E-state index contributed by atoms with van der Waals surface area (Å²) in [7, 11) is 0. The molecule has 0 unspecified atom stereocenters. The molecule has 0 radical (unpaired) electrons. The van der Waals surface area contributed by atoms with Crippen LogP contribution in [0.2, 0.25) is 0 Å². The monoisotopic (exact) mass is 1160 g/mol. The average molecular weight is 1170 g/mol. The second-order valence-electron chi connectivity index (χ2n) is 24.7. The molecule has 2 heteroatoms. The van der Waals surface area contributed by atoms with Gasteiger partial charge in [0, 0.05) is 34.1 Å². The highest BCUT2D eigenvalue weighted by Gasteiger charge is 2.26. The summed E-state index contributed by atoms with van der Waals surface area (Å²) in [4.78, 5) is 4.88. The molecule has 92 heavy (non-hydrogen) atoms. The van der Waals surface area contributed by atoms with E-state index in [1.807, 2.05) is 0 Å². The Labute approximate surface area is 531 Å². The van der Waals surface area contributed by atoms with Gasteiger partial charge in [-0.25, -0.2) is 0 Å². The van der Waals surface area contributed by atoms with Crippen LogP contribution >= 0.6 is 0 Å². The zero-order valence-electron chi connectivity index (χ0n) is 50.2. The van der Waals surface area contributed by atoms with Crippen LogP contribution in [0.3, 0.4) is 0 Å². The number of hydrogen-bond donors (Lipinski definition) is 0. The van der Waals surface area contributed by atoms with Crippen molar-refractivity contribution in [3.8, 4) is 22.3 Å². The molecule has 0 atom stereocenters. The Balaban J connectivity index is 0.937. The van der Waals surface area contributed by atoms with Gasteiger partial charge in [-0.2, -0.15) is 0 Å². The van der Waals surface area contributed by atoms with Crippen LogP contribution in [-0.2, 0) is 0 Å². The molecule has 0 aliphatic heterocycles. The van der Waals surface area contributed by atoms with E-state index >= 15 is 0 Å². The first-order valence-electron chi connectivity index (χ1n) is 31.9. The summed E-state index contributed by atoms with van der Waals surface area (Å²) in [5, 5.41) is 29.1. The Morgan fingerprint density at radius 3 is 0.707 bits per heavy atom. The molecule has 0 spiro atoms. The van der Waals surface area contributed by atoms with Crippen LogP contribution in [-0.4, -0.2) is 0 Å². The largest absolute Gasteiger partial charge is 0.310 e. The average Bonchev–Trinajstić information content (AvgIpc) is 0.722. The Morgan fingerprint density at radius 2 is 0.370 bits per heavy atom. The molecule has 0 bridgehead atoms. The Bertz CT molecular complexity index is 5750. The van der Waals surface area contributed by atoms with Crippen molar-refractivity contribution in [2.75, 3.05) is 9.80 Å². The van der Waals surface area contributed by atoms with Gasteiger partial charge >= 0.3 is 0 Å². The third-order valence-electron chi connectivity index (χ3n) is 19.6. The molecule has 19 aromatic rings. The van der Waals surface area contributed by atoms with Crippen LogP contribution in [0.25, 0.3) is 152 Å². The van der Waals surface area contributed by atoms with Crippen LogP contribution in [0.5, 0.6) is 0 Å². The third-order valence-corrected chi connectivity index (χ3v) is 19.6. The zero-order valence-corrected chi connectivity index (χ0v) is 50.2. The molecule has 0 fully saturated rings. The molecule has 426 valence electrons. The van der Waals surface area contributed by atoms with Gasteiger partial charge < -0.3 is 9.80 Å². The summed E-state index contributed by atoms with van der Waals surface area (Å²) < 4.78 is 0. The van der Waals surface area contributed by atoms with E-state index in [0.717, 1.165) is 44.9 Å². The molecule has 0 aromatic heterocycles. The fraction of sp³-hybridized carbons (Fsp3) is 0. The van der Waals surface area contributed by atoms with Crippen LogP contribution in [0.4, 0.5) is 34.1 Å². The molecule has 19 aromatic carbocycles. The molecule has 19 rings (SSSR count). The standard InChI is InChI=1S/C90H56N2/c1-5-21-61-49-69(39-33-57(61)17-1)91(70-40-34-58-18-2-6-22-62(58)50-70)73-43-47-77-67(53-73)37-45-83-87(77)89(85-55-65-25-9-11-27-75(65)79-29-13-15-31-81(79)85)84-46-38-68-54-74(44-48-78(68)88(84)90(83)86-56-66-26-10-12-28-76(66)80-30-14-16-32-82(80)86)92(71-41-35-59-19-3-7-23-63(59)51-71)72-42-36-60-20-4-8-24-64(60)52-72/h1-56H. The molecule has 0 aliphatic carbocycles. The lowest BCUT2D eigenvalue weighted by atomic mass is 9.79. The third kappa shape index (κ3) is 8.28. The summed E-state index contributed by atoms with van der Waals surface area (Å²) in [5.41, 5.74) is 11.5. The van der Waals surface area contributed by atoms with Crippen molar-refractivity contribution in [2.24, 2.45) is 0 Å². The van der Waals surface area contributed by atoms with Gasteiger partial charge in [0.1, 0.15) is 0 Å². The maximum absolute atomic E-state index is 2.48. The van der Waals surface area contributed by atoms with Gasteiger partial charge in [0.25, 0.3) is 0 Å². The maximum Gasteiger partial charge on any atom is 0.0468 e. The number of anilines is 6. The SMILES string of the molecule is c1ccc2cc(N(c3ccc4ccccc4c3)c3ccc4c(ccc5c(-c6cc7ccccc7c7ccccc67)c6c(ccc7cc(N(c8ccc9ccccc9c8)c8ccc9ccccc9c8)ccc76)c(-c6cc7ccccc7c7ccccc67)c54)c3)ccc2c1. The number of hydrogen-bond acceptors (Lipinski definition) is 2. The molecule has 0 aliphatic rings. The number of fused-ring (bicyclic) bond motifs is 16. The first kappa shape index (κ1) is 51.9. The molecule has 2 nitrogen and oxygen atoms in total. The van der Waals surface area contributed by atoms with E-state index in [4.69, 9.17) is 0 Å². The van der Waals surface area contributed by atoms with E-state index in [2.05, 4.69) is 350 Å². The Kier molecular flexibility index (Phi) is 11.7. The van der Waals surface area contributed by atoms with Gasteiger partial charge in [0.15, 0.2) is 0 Å². The molecule has 0 saturated heterocycles. The van der Waals surface area contributed by atoms with Crippen molar-refractivity contribution < 1.29 is 0 Å². The van der Waals surface area contributed by atoms with E-state index in [-0.39, 0.29) is 0 Å². The van der Waals surface area contributed by atoms with E-state index in [1.54, 1.807) is 0 Å². The van der Waals surface area contributed by atoms with Gasteiger partial charge in [0.05, 0.1) is 0 Å². The van der Waals surface area contributed by atoms with Gasteiger partial charge in [-0.15, -0.1) is 0 Å². The maximum atomic E-state index is 2.48. The number of benzene rings is 19. The molecule has 0 amide bonds. The summed E-state index contributed by atoms with van der Waals surface area (Å²) in [5.74, 6) is 0. The molecule has 0 N–H and O–H groups in total. The molecule has 0 saturated carbocycles. The van der Waals surface area contributed by atoms with Crippen LogP contribution < -0.4 is 9.80 Å². The Morgan fingerprint density at radius 1 is 0.141 bits per heavy atom. The summed E-state index contributed by atoms with van der Waals surface area (Å²) in [6, 6.07) is 127. The van der Waals surface area contributed by atoms with E-state index in [1.165, 1.54) is 141 Å². The summed E-state index contributed by atoms with van der Waals surface area (Å²) >= 11 is 0. The summed E-state index contributed by atoms with van der Waals surface area (Å²) in [6.45, 7) is 0. The Hall–Kier alpha value is -12.1. The molecular formula is C90H56N2. The van der Waals surface area contributed by atoms with E-state index < -0.39 is 0 Å². The van der Waals surface area contributed by atoms with Gasteiger partial charge in [-0.1, -0.05) is 255 Å². The van der Waals surface area contributed by atoms with Gasteiger partial charge in [-0.3, -0.25) is 0 Å². The van der Waals surface area contributed by atoms with Crippen LogP contribution in [0.15, 0.2) is 340 Å². The second kappa shape index (κ2) is 20.8. The highest BCUT2D eigenvalue weighted by atomic mass is 15.1. The van der Waals surface area contributed by atoms with E-state index in [0.29, 0.717) is 0 Å². The minimum absolute atomic E-state index is 1.09. The van der Waals surface area contributed by atoms with Gasteiger partial charge in [0.2, 0.25) is 0 Å². The zero-order chi connectivity index (χ0) is 60.4. The highest BCUT2D eigenvalue weighted by Crippen LogP contribution is 2.53. The molecular weight excluding hydrogens is 1110 g/mol. The van der Waals surface area contributed by atoms with Crippen molar-refractivity contribution in [3.63, 3.8) is 0 Å². The van der Waals surface area contributed by atoms with E-state index in [9.17, 15) is 0 Å². The van der Waals surface area contributed by atoms with Crippen molar-refractivity contribution >= 4 is 163 Å². The first-order valence-corrected chi connectivity index (χ1v) is 31.9. The van der Waals surface area contributed by atoms with Crippen LogP contribution in [0.1, 0.15) is 0 Å². The summed E-state index contributed by atoms with van der Waals surface area (Å²) in [6.07, 6.45) is 0. The lowest BCUT2D eigenvalue weighted by Gasteiger charge is -2.28. The normalized spacial score (nSPS) is 11.9. The predicted molar refractivity (Wildman–Crippen MR) is 397 cm³/mol. The number of nitrogens with zero attached hydrogens (tertiary/aromatic N) is 2. The minimum Gasteiger partial charge on any atom is -0.310 e. The molecule has 0 heterocycles. The quantitative estimate of drug-likeness (QED) is 0.111. The second-order valence-corrected chi connectivity index (χ2v) is 24.7. The lowest BCUT2D eigenvalue weighted by Crippen LogP contribution is -2.10. The topological polar surface area (TPSA) is 6.48 Å². The van der Waals surface area contributed by atoms with Crippen molar-refractivity contribution in [1.82, 2.24) is 0 Å². The highest BCUT2D eigenvalue weighted by molar-refractivity contribution is 6.36. The number of rotatable bonds is 8. The first-order chi connectivity index (χ1) is 45.6. The lowest BCUT2D eigenvalue weighted by molar-refractivity contribution is 1.30. The van der Waals surface area contributed by atoms with Crippen molar-refractivity contribution in [3.05, 3.63) is 340 Å².